The standard InChI is InChI=1S/C17H17N3O/c1-11-9-16(20-19-11)17(21)18-12(2)14-8-7-13-5-3-4-6-15(13)10-14/h3-10,12H,1-2H3,(H,18,21)(H,19,20). The van der Waals surface area contributed by atoms with Gasteiger partial charge in [0.1, 0.15) is 5.69 Å². The van der Waals surface area contributed by atoms with Crippen molar-refractivity contribution in [2.75, 3.05) is 0 Å². The summed E-state index contributed by atoms with van der Waals surface area (Å²) in [4.78, 5) is 12.1. The zero-order chi connectivity index (χ0) is 14.8. The molecule has 0 radical (unpaired) electrons. The molecule has 1 heterocycles. The smallest absolute Gasteiger partial charge is 0.272 e. The lowest BCUT2D eigenvalue weighted by atomic mass is 10.0. The van der Waals surface area contributed by atoms with Gasteiger partial charge in [0.25, 0.3) is 5.91 Å². The molecular weight excluding hydrogens is 262 g/mol. The molecule has 0 saturated carbocycles. The average Bonchev–Trinajstić information content (AvgIpc) is 2.93. The van der Waals surface area contributed by atoms with Crippen LogP contribution in [0.1, 0.15) is 34.7 Å². The number of aryl methyl sites for hydroxylation is 1. The van der Waals surface area contributed by atoms with Crippen molar-refractivity contribution >= 4 is 16.7 Å². The summed E-state index contributed by atoms with van der Waals surface area (Å²) >= 11 is 0. The zero-order valence-corrected chi connectivity index (χ0v) is 12.1. The lowest BCUT2D eigenvalue weighted by molar-refractivity contribution is 0.0935. The van der Waals surface area contributed by atoms with Gasteiger partial charge in [-0.1, -0.05) is 36.4 Å². The fourth-order valence-electron chi connectivity index (χ4n) is 2.37. The summed E-state index contributed by atoms with van der Waals surface area (Å²) < 4.78 is 0. The molecular formula is C17H17N3O. The highest BCUT2D eigenvalue weighted by Crippen LogP contribution is 2.20. The lowest BCUT2D eigenvalue weighted by Crippen LogP contribution is -2.26. The van der Waals surface area contributed by atoms with Crippen molar-refractivity contribution in [2.45, 2.75) is 19.9 Å². The Hall–Kier alpha value is -2.62. The van der Waals surface area contributed by atoms with Gasteiger partial charge in [-0.15, -0.1) is 0 Å². The third-order valence-electron chi connectivity index (χ3n) is 3.56. The maximum atomic E-state index is 12.1. The Bertz CT molecular complexity index is 791. The number of hydrogen-bond donors (Lipinski definition) is 2. The van der Waals surface area contributed by atoms with E-state index in [1.54, 1.807) is 6.07 Å². The number of benzene rings is 2. The summed E-state index contributed by atoms with van der Waals surface area (Å²) in [5.41, 5.74) is 2.37. The highest BCUT2D eigenvalue weighted by Gasteiger charge is 2.13. The van der Waals surface area contributed by atoms with Crippen molar-refractivity contribution in [1.29, 1.82) is 0 Å². The first kappa shape index (κ1) is 13.4. The van der Waals surface area contributed by atoms with Gasteiger partial charge in [-0.25, -0.2) is 0 Å². The molecule has 4 nitrogen and oxygen atoms in total. The number of carbonyl (C=O) groups is 1. The molecule has 0 aliphatic heterocycles. The molecule has 0 saturated heterocycles. The number of aromatic nitrogens is 2. The second-order valence-electron chi connectivity index (χ2n) is 5.24. The number of carbonyl (C=O) groups excluding carboxylic acids is 1. The summed E-state index contributed by atoms with van der Waals surface area (Å²) in [5, 5.41) is 12.1. The van der Waals surface area contributed by atoms with Crippen LogP contribution in [0.4, 0.5) is 0 Å². The second-order valence-corrected chi connectivity index (χ2v) is 5.24. The predicted octanol–water partition coefficient (Wildman–Crippen LogP) is 3.36. The summed E-state index contributed by atoms with van der Waals surface area (Å²) in [6.45, 7) is 3.85. The molecule has 21 heavy (non-hydrogen) atoms. The quantitative estimate of drug-likeness (QED) is 0.772. The highest BCUT2D eigenvalue weighted by molar-refractivity contribution is 5.92. The van der Waals surface area contributed by atoms with Crippen LogP contribution in [-0.4, -0.2) is 16.1 Å². The highest BCUT2D eigenvalue weighted by atomic mass is 16.2. The van der Waals surface area contributed by atoms with Crippen molar-refractivity contribution in [3.8, 4) is 0 Å². The Morgan fingerprint density at radius 3 is 2.62 bits per heavy atom. The van der Waals surface area contributed by atoms with Crippen molar-refractivity contribution in [1.82, 2.24) is 15.5 Å². The van der Waals surface area contributed by atoms with E-state index in [2.05, 4.69) is 39.8 Å². The van der Waals surface area contributed by atoms with Gasteiger partial charge in [0.15, 0.2) is 0 Å². The maximum absolute atomic E-state index is 12.1. The van der Waals surface area contributed by atoms with Gasteiger partial charge in [0.2, 0.25) is 0 Å². The van der Waals surface area contributed by atoms with Crippen molar-refractivity contribution in [2.24, 2.45) is 0 Å². The zero-order valence-electron chi connectivity index (χ0n) is 12.1. The molecule has 3 rings (SSSR count). The Morgan fingerprint density at radius 1 is 1.14 bits per heavy atom. The first-order chi connectivity index (χ1) is 10.1. The largest absolute Gasteiger partial charge is 0.344 e. The molecule has 2 aromatic carbocycles. The first-order valence-electron chi connectivity index (χ1n) is 6.95. The molecule has 0 bridgehead atoms. The topological polar surface area (TPSA) is 57.8 Å². The number of nitrogens with one attached hydrogen (secondary N) is 2. The van der Waals surface area contributed by atoms with Crippen LogP contribution in [0, 0.1) is 6.92 Å². The van der Waals surface area contributed by atoms with E-state index in [4.69, 9.17) is 0 Å². The first-order valence-corrected chi connectivity index (χ1v) is 6.95. The van der Waals surface area contributed by atoms with E-state index < -0.39 is 0 Å². The van der Waals surface area contributed by atoms with E-state index in [0.717, 1.165) is 11.3 Å². The molecule has 1 unspecified atom stereocenters. The monoisotopic (exact) mass is 279 g/mol. The number of rotatable bonds is 3. The van der Waals surface area contributed by atoms with Crippen LogP contribution in [0.15, 0.2) is 48.5 Å². The molecule has 1 amide bonds. The van der Waals surface area contributed by atoms with E-state index in [1.165, 1.54) is 10.8 Å². The van der Waals surface area contributed by atoms with Crippen LogP contribution in [0.3, 0.4) is 0 Å². The maximum Gasteiger partial charge on any atom is 0.272 e. The Labute approximate surface area is 123 Å². The summed E-state index contributed by atoms with van der Waals surface area (Å²) in [6.07, 6.45) is 0. The molecule has 4 heteroatoms. The number of H-pyrrole nitrogens is 1. The number of hydrogen-bond acceptors (Lipinski definition) is 2. The van der Waals surface area contributed by atoms with Gasteiger partial charge in [-0.3, -0.25) is 9.89 Å². The predicted molar refractivity (Wildman–Crippen MR) is 83.2 cm³/mol. The lowest BCUT2D eigenvalue weighted by Gasteiger charge is -2.14. The van der Waals surface area contributed by atoms with E-state index in [-0.39, 0.29) is 11.9 Å². The third-order valence-corrected chi connectivity index (χ3v) is 3.56. The molecule has 0 spiro atoms. The molecule has 0 fully saturated rings. The van der Waals surface area contributed by atoms with E-state index in [0.29, 0.717) is 5.69 Å². The van der Waals surface area contributed by atoms with Crippen molar-refractivity contribution in [3.05, 3.63) is 65.5 Å². The van der Waals surface area contributed by atoms with Crippen molar-refractivity contribution in [3.63, 3.8) is 0 Å². The molecule has 0 aliphatic rings. The molecule has 3 aromatic rings. The van der Waals surface area contributed by atoms with Crippen LogP contribution >= 0.6 is 0 Å². The Kier molecular flexibility index (Phi) is 3.44. The van der Waals surface area contributed by atoms with Crippen LogP contribution in [0.5, 0.6) is 0 Å². The number of nitrogens with zero attached hydrogens (tertiary/aromatic N) is 1. The van der Waals surface area contributed by atoms with Gasteiger partial charge in [-0.05, 0) is 42.3 Å². The SMILES string of the molecule is Cc1cc(C(=O)NC(C)c2ccc3ccccc3c2)n[nH]1. The fraction of sp³-hybridized carbons (Fsp3) is 0.176. The van der Waals surface area contributed by atoms with Crippen molar-refractivity contribution < 1.29 is 4.79 Å². The van der Waals surface area contributed by atoms with Gasteiger partial charge in [0, 0.05) is 5.69 Å². The minimum absolute atomic E-state index is 0.0703. The number of amides is 1. The van der Waals surface area contributed by atoms with E-state index >= 15 is 0 Å². The Morgan fingerprint density at radius 2 is 1.90 bits per heavy atom. The van der Waals surface area contributed by atoms with E-state index in [1.807, 2.05) is 32.0 Å². The fourth-order valence-corrected chi connectivity index (χ4v) is 2.37. The van der Waals surface area contributed by atoms with Gasteiger partial charge < -0.3 is 5.32 Å². The van der Waals surface area contributed by atoms with Gasteiger partial charge >= 0.3 is 0 Å². The normalized spacial score (nSPS) is 12.3. The average molecular weight is 279 g/mol. The minimum Gasteiger partial charge on any atom is -0.344 e. The summed E-state index contributed by atoms with van der Waals surface area (Å²) in [7, 11) is 0. The molecule has 106 valence electrons. The van der Waals surface area contributed by atoms with Crippen LogP contribution in [-0.2, 0) is 0 Å². The van der Waals surface area contributed by atoms with Crippen LogP contribution in [0.2, 0.25) is 0 Å². The molecule has 1 aromatic heterocycles. The molecule has 2 N–H and O–H groups in total. The van der Waals surface area contributed by atoms with Crippen LogP contribution in [0.25, 0.3) is 10.8 Å². The van der Waals surface area contributed by atoms with Gasteiger partial charge in [-0.2, -0.15) is 5.10 Å². The van der Waals surface area contributed by atoms with E-state index in [9.17, 15) is 4.79 Å². The second kappa shape index (κ2) is 5.40. The number of fused-ring (bicyclic) bond motifs is 1. The summed E-state index contributed by atoms with van der Waals surface area (Å²) in [6, 6.07) is 16.1. The molecule has 1 atom stereocenters. The third kappa shape index (κ3) is 2.79. The summed E-state index contributed by atoms with van der Waals surface area (Å²) in [5.74, 6) is -0.167. The minimum atomic E-state index is -0.167. The van der Waals surface area contributed by atoms with Crippen LogP contribution < -0.4 is 5.32 Å². The Balaban J connectivity index is 1.80. The molecule has 0 aliphatic carbocycles. The number of aromatic amines is 1. The van der Waals surface area contributed by atoms with Gasteiger partial charge in [0.05, 0.1) is 6.04 Å².